The maximum Gasteiger partial charge on any atom is 0.0795 e. The molecule has 0 amide bonds. The van der Waals surface area contributed by atoms with E-state index in [1.807, 2.05) is 0 Å². The Morgan fingerprint density at radius 1 is 1.06 bits per heavy atom. The molecule has 0 fully saturated rings. The van der Waals surface area contributed by atoms with Crippen LogP contribution in [-0.4, -0.2) is 5.11 Å². The van der Waals surface area contributed by atoms with Crippen molar-refractivity contribution in [2.75, 3.05) is 0 Å². The number of rotatable bonds is 5. The lowest BCUT2D eigenvalue weighted by Gasteiger charge is -2.19. The van der Waals surface area contributed by atoms with Crippen LogP contribution in [-0.2, 0) is 0 Å². The van der Waals surface area contributed by atoms with E-state index in [1.54, 1.807) is 0 Å². The van der Waals surface area contributed by atoms with E-state index in [4.69, 9.17) is 0 Å². The number of aliphatic hydroxyl groups is 1. The molecule has 96 valence electrons. The van der Waals surface area contributed by atoms with Gasteiger partial charge in [0.1, 0.15) is 0 Å². The molecule has 1 N–H and O–H groups in total. The zero-order chi connectivity index (χ0) is 13.0. The maximum atomic E-state index is 10.3. The van der Waals surface area contributed by atoms with E-state index in [0.717, 1.165) is 12.0 Å². The minimum atomic E-state index is -0.309. The standard InChI is InChI=1S/C16H26O/c1-6-7-11(2)8-16(17)15-10-13(4)12(3)9-14(15)5/h9-11,16-17H,6-8H2,1-5H3. The predicted molar refractivity (Wildman–Crippen MR) is 74.3 cm³/mol. The summed E-state index contributed by atoms with van der Waals surface area (Å²) in [6.07, 6.45) is 2.95. The molecular weight excluding hydrogens is 208 g/mol. The predicted octanol–water partition coefficient (Wildman–Crippen LogP) is 4.47. The number of hydrogen-bond acceptors (Lipinski definition) is 1. The Balaban J connectivity index is 2.81. The smallest absolute Gasteiger partial charge is 0.0795 e. The van der Waals surface area contributed by atoms with Crippen LogP contribution in [0.1, 0.15) is 61.5 Å². The fourth-order valence-corrected chi connectivity index (χ4v) is 2.46. The molecule has 0 bridgehead atoms. The van der Waals surface area contributed by atoms with Gasteiger partial charge in [-0.1, -0.05) is 38.8 Å². The average Bonchev–Trinajstić information content (AvgIpc) is 2.23. The number of aryl methyl sites for hydroxylation is 3. The van der Waals surface area contributed by atoms with E-state index in [1.165, 1.54) is 29.5 Å². The van der Waals surface area contributed by atoms with Crippen molar-refractivity contribution in [1.29, 1.82) is 0 Å². The van der Waals surface area contributed by atoms with Crippen molar-refractivity contribution in [2.45, 2.75) is 60.0 Å². The molecule has 0 saturated carbocycles. The largest absolute Gasteiger partial charge is 0.388 e. The average molecular weight is 234 g/mol. The Labute approximate surface area is 106 Å². The van der Waals surface area contributed by atoms with Gasteiger partial charge >= 0.3 is 0 Å². The maximum absolute atomic E-state index is 10.3. The summed E-state index contributed by atoms with van der Waals surface area (Å²) in [6.45, 7) is 10.8. The van der Waals surface area contributed by atoms with Crippen molar-refractivity contribution in [2.24, 2.45) is 5.92 Å². The monoisotopic (exact) mass is 234 g/mol. The molecule has 1 nitrogen and oxygen atoms in total. The van der Waals surface area contributed by atoms with E-state index in [-0.39, 0.29) is 6.10 Å². The SMILES string of the molecule is CCCC(C)CC(O)c1cc(C)c(C)cc1C. The molecule has 0 aromatic heterocycles. The van der Waals surface area contributed by atoms with Gasteiger partial charge < -0.3 is 5.11 Å². The van der Waals surface area contributed by atoms with Crippen LogP contribution >= 0.6 is 0 Å². The van der Waals surface area contributed by atoms with E-state index in [9.17, 15) is 5.11 Å². The van der Waals surface area contributed by atoms with E-state index in [2.05, 4.69) is 46.8 Å². The lowest BCUT2D eigenvalue weighted by atomic mass is 9.91. The second kappa shape index (κ2) is 6.20. The molecule has 2 atom stereocenters. The molecule has 1 heteroatoms. The minimum absolute atomic E-state index is 0.309. The van der Waals surface area contributed by atoms with Gasteiger partial charge in [-0.2, -0.15) is 0 Å². The van der Waals surface area contributed by atoms with Crippen molar-refractivity contribution in [3.8, 4) is 0 Å². The van der Waals surface area contributed by atoms with Crippen LogP contribution in [0.15, 0.2) is 12.1 Å². The quantitative estimate of drug-likeness (QED) is 0.797. The first-order valence-electron chi connectivity index (χ1n) is 6.71. The molecule has 17 heavy (non-hydrogen) atoms. The normalized spacial score (nSPS) is 14.7. The van der Waals surface area contributed by atoms with Crippen LogP contribution < -0.4 is 0 Å². The van der Waals surface area contributed by atoms with Gasteiger partial charge in [0, 0.05) is 0 Å². The summed E-state index contributed by atoms with van der Waals surface area (Å²) in [4.78, 5) is 0. The molecular formula is C16H26O. The number of aliphatic hydroxyl groups excluding tert-OH is 1. The van der Waals surface area contributed by atoms with Crippen molar-refractivity contribution < 1.29 is 5.11 Å². The van der Waals surface area contributed by atoms with Crippen LogP contribution in [0.3, 0.4) is 0 Å². The molecule has 2 unspecified atom stereocenters. The third-order valence-corrected chi connectivity index (χ3v) is 3.65. The number of hydrogen-bond donors (Lipinski definition) is 1. The van der Waals surface area contributed by atoms with Crippen molar-refractivity contribution >= 4 is 0 Å². The van der Waals surface area contributed by atoms with Crippen LogP contribution in [0, 0.1) is 26.7 Å². The fourth-order valence-electron chi connectivity index (χ4n) is 2.46. The highest BCUT2D eigenvalue weighted by molar-refractivity contribution is 5.37. The van der Waals surface area contributed by atoms with Crippen molar-refractivity contribution in [3.63, 3.8) is 0 Å². The molecule has 0 heterocycles. The van der Waals surface area contributed by atoms with Gasteiger partial charge in [0.25, 0.3) is 0 Å². The molecule has 0 radical (unpaired) electrons. The highest BCUT2D eigenvalue weighted by atomic mass is 16.3. The fraction of sp³-hybridized carbons (Fsp3) is 0.625. The van der Waals surface area contributed by atoms with Crippen LogP contribution in [0.25, 0.3) is 0 Å². The van der Waals surface area contributed by atoms with Gasteiger partial charge in [-0.15, -0.1) is 0 Å². The van der Waals surface area contributed by atoms with Gasteiger partial charge in [-0.3, -0.25) is 0 Å². The Morgan fingerprint density at radius 2 is 1.65 bits per heavy atom. The second-order valence-electron chi connectivity index (χ2n) is 5.44. The molecule has 1 aromatic rings. The van der Waals surface area contributed by atoms with Gasteiger partial charge in [-0.25, -0.2) is 0 Å². The van der Waals surface area contributed by atoms with Crippen molar-refractivity contribution in [1.82, 2.24) is 0 Å². The van der Waals surface area contributed by atoms with E-state index >= 15 is 0 Å². The summed E-state index contributed by atoms with van der Waals surface area (Å²) in [5.74, 6) is 0.594. The molecule has 0 aliphatic carbocycles. The summed E-state index contributed by atoms with van der Waals surface area (Å²) < 4.78 is 0. The highest BCUT2D eigenvalue weighted by Crippen LogP contribution is 2.27. The summed E-state index contributed by atoms with van der Waals surface area (Å²) in [5, 5.41) is 10.3. The molecule has 0 aliphatic rings. The third-order valence-electron chi connectivity index (χ3n) is 3.65. The minimum Gasteiger partial charge on any atom is -0.388 e. The van der Waals surface area contributed by atoms with Crippen molar-refractivity contribution in [3.05, 3.63) is 34.4 Å². The topological polar surface area (TPSA) is 20.2 Å². The highest BCUT2D eigenvalue weighted by Gasteiger charge is 2.14. The van der Waals surface area contributed by atoms with E-state index in [0.29, 0.717) is 5.92 Å². The number of benzene rings is 1. The molecule has 0 aliphatic heterocycles. The second-order valence-corrected chi connectivity index (χ2v) is 5.44. The first-order valence-corrected chi connectivity index (χ1v) is 6.71. The first-order chi connectivity index (χ1) is 7.95. The van der Waals surface area contributed by atoms with Crippen LogP contribution in [0.4, 0.5) is 0 Å². The van der Waals surface area contributed by atoms with Crippen LogP contribution in [0.2, 0.25) is 0 Å². The summed E-state index contributed by atoms with van der Waals surface area (Å²) in [6, 6.07) is 4.33. The Hall–Kier alpha value is -0.820. The molecule has 1 rings (SSSR count). The Morgan fingerprint density at radius 3 is 2.24 bits per heavy atom. The zero-order valence-corrected chi connectivity index (χ0v) is 11.9. The summed E-state index contributed by atoms with van der Waals surface area (Å²) in [7, 11) is 0. The van der Waals surface area contributed by atoms with Gasteiger partial charge in [0.2, 0.25) is 0 Å². The molecule has 0 spiro atoms. The molecule has 0 saturated heterocycles. The summed E-state index contributed by atoms with van der Waals surface area (Å²) >= 11 is 0. The lowest BCUT2D eigenvalue weighted by Crippen LogP contribution is -2.07. The zero-order valence-electron chi connectivity index (χ0n) is 11.9. The summed E-state index contributed by atoms with van der Waals surface area (Å²) in [5.41, 5.74) is 4.90. The van der Waals surface area contributed by atoms with E-state index < -0.39 is 0 Å². The lowest BCUT2D eigenvalue weighted by molar-refractivity contribution is 0.144. The van der Waals surface area contributed by atoms with Gasteiger partial charge in [-0.05, 0) is 55.4 Å². The van der Waals surface area contributed by atoms with Gasteiger partial charge in [0.15, 0.2) is 0 Å². The van der Waals surface area contributed by atoms with Gasteiger partial charge in [0.05, 0.1) is 6.10 Å². The third kappa shape index (κ3) is 3.85. The Bertz CT molecular complexity index is 368. The molecule has 1 aromatic carbocycles. The first kappa shape index (κ1) is 14.2. The van der Waals surface area contributed by atoms with Crippen LogP contribution in [0.5, 0.6) is 0 Å². The Kier molecular flexibility index (Phi) is 5.20.